The van der Waals surface area contributed by atoms with Gasteiger partial charge in [0, 0.05) is 0 Å². The first-order chi connectivity index (χ1) is 7.74. The largest absolute Gasteiger partial charge is 0.508 e. The minimum atomic E-state index is -1.10. The van der Waals surface area contributed by atoms with Crippen LogP contribution in [0.1, 0.15) is 27.2 Å². The first-order valence-corrected chi connectivity index (χ1v) is 5.13. The van der Waals surface area contributed by atoms with E-state index in [2.05, 4.69) is 16.1 Å². The lowest BCUT2D eigenvalue weighted by Crippen LogP contribution is -2.34. The number of carbonyl (C=O) groups is 3. The Morgan fingerprint density at radius 1 is 1.18 bits per heavy atom. The third-order valence-corrected chi connectivity index (χ3v) is 2.72. The van der Waals surface area contributed by atoms with Crippen LogP contribution in [0.4, 0.5) is 4.79 Å². The summed E-state index contributed by atoms with van der Waals surface area (Å²) in [4.78, 5) is 33.6. The van der Waals surface area contributed by atoms with Gasteiger partial charge in [0.15, 0.2) is 0 Å². The fraction of sp³-hybridized carbons (Fsp3) is 0.583. The summed E-state index contributed by atoms with van der Waals surface area (Å²) >= 11 is 0. The quantitative estimate of drug-likeness (QED) is 0.404. The molecule has 96 valence electrons. The minimum Gasteiger partial charge on any atom is -0.438 e. The third kappa shape index (κ3) is 4.38. The van der Waals surface area contributed by atoms with Crippen LogP contribution in [0.5, 0.6) is 0 Å². The van der Waals surface area contributed by atoms with Gasteiger partial charge in [0.05, 0.1) is 12.5 Å². The molecule has 0 radical (unpaired) electrons. The van der Waals surface area contributed by atoms with Crippen LogP contribution in [0.25, 0.3) is 0 Å². The second-order valence-corrected chi connectivity index (χ2v) is 4.11. The van der Waals surface area contributed by atoms with E-state index in [1.54, 1.807) is 6.92 Å². The molecule has 0 atom stereocenters. The van der Waals surface area contributed by atoms with E-state index in [-0.39, 0.29) is 24.6 Å². The third-order valence-electron chi connectivity index (χ3n) is 2.72. The molecule has 17 heavy (non-hydrogen) atoms. The molecule has 0 aromatic rings. The molecule has 0 fully saturated rings. The van der Waals surface area contributed by atoms with Crippen molar-refractivity contribution >= 4 is 17.7 Å². The van der Waals surface area contributed by atoms with Crippen LogP contribution < -0.4 is 0 Å². The van der Waals surface area contributed by atoms with E-state index in [4.69, 9.17) is 0 Å². The summed E-state index contributed by atoms with van der Waals surface area (Å²) in [5.41, 5.74) is -0.611. The monoisotopic (exact) mass is 242 g/mol. The van der Waals surface area contributed by atoms with E-state index in [9.17, 15) is 14.4 Å². The van der Waals surface area contributed by atoms with Crippen LogP contribution in [0.2, 0.25) is 0 Å². The molecule has 0 aliphatic carbocycles. The van der Waals surface area contributed by atoms with E-state index in [1.165, 1.54) is 21.0 Å². The smallest absolute Gasteiger partial charge is 0.438 e. The molecule has 0 aliphatic heterocycles. The molecule has 0 amide bonds. The van der Waals surface area contributed by atoms with Crippen LogP contribution in [0.3, 0.4) is 0 Å². The highest BCUT2D eigenvalue weighted by Gasteiger charge is 2.35. The molecule has 0 saturated carbocycles. The molecule has 0 rings (SSSR count). The van der Waals surface area contributed by atoms with Gasteiger partial charge < -0.3 is 9.47 Å². The lowest BCUT2D eigenvalue weighted by atomic mass is 9.77. The summed E-state index contributed by atoms with van der Waals surface area (Å²) in [5, 5.41) is 0. The van der Waals surface area contributed by atoms with Crippen molar-refractivity contribution in [3.8, 4) is 0 Å². The van der Waals surface area contributed by atoms with E-state index in [0.29, 0.717) is 5.57 Å². The first-order valence-electron chi connectivity index (χ1n) is 5.13. The van der Waals surface area contributed by atoms with Crippen LogP contribution >= 0.6 is 0 Å². The lowest BCUT2D eigenvalue weighted by Gasteiger charge is -2.24. The Labute approximate surface area is 101 Å². The summed E-state index contributed by atoms with van der Waals surface area (Å²) < 4.78 is 8.96. The predicted molar refractivity (Wildman–Crippen MR) is 61.6 cm³/mol. The Balaban J connectivity index is 4.49. The van der Waals surface area contributed by atoms with Gasteiger partial charge in [-0.2, -0.15) is 0 Å². The Morgan fingerprint density at radius 3 is 2.00 bits per heavy atom. The number of Topliss-reactive ketones (excluding diaryl/α,β-unsaturated/α-hetero) is 2. The van der Waals surface area contributed by atoms with Gasteiger partial charge in [-0.25, -0.2) is 4.79 Å². The van der Waals surface area contributed by atoms with Gasteiger partial charge in [-0.05, 0) is 32.8 Å². The van der Waals surface area contributed by atoms with Gasteiger partial charge in [0.1, 0.15) is 18.2 Å². The molecule has 0 N–H and O–H groups in total. The highest BCUT2D eigenvalue weighted by molar-refractivity contribution is 6.04. The molecule has 0 spiro atoms. The van der Waals surface area contributed by atoms with Crippen molar-refractivity contribution in [3.05, 3.63) is 12.2 Å². The topological polar surface area (TPSA) is 69.7 Å². The standard InChI is InChI=1S/C12H18O5/c1-8(7-17-11(15)16-5)6-12(4,9(2)13)10(3)14/h1,6-7H2,2-5H3. The van der Waals surface area contributed by atoms with Crippen molar-refractivity contribution in [1.29, 1.82) is 0 Å². The molecular formula is C12H18O5. The summed E-state index contributed by atoms with van der Waals surface area (Å²) in [5.74, 6) is -0.464. The molecular weight excluding hydrogens is 224 g/mol. The Bertz CT molecular complexity index is 329. The highest BCUT2D eigenvalue weighted by atomic mass is 16.7. The predicted octanol–water partition coefficient (Wildman–Crippen LogP) is 1.90. The maximum atomic E-state index is 11.4. The van der Waals surface area contributed by atoms with Crippen LogP contribution in [-0.2, 0) is 19.1 Å². The van der Waals surface area contributed by atoms with E-state index >= 15 is 0 Å². The molecule has 0 aromatic carbocycles. The fourth-order valence-corrected chi connectivity index (χ4v) is 1.27. The van der Waals surface area contributed by atoms with Crippen LogP contribution in [0, 0.1) is 5.41 Å². The van der Waals surface area contributed by atoms with Crippen LogP contribution in [0.15, 0.2) is 12.2 Å². The SMILES string of the molecule is C=C(COC(=O)OC)CC(C)(C(C)=O)C(C)=O. The van der Waals surface area contributed by atoms with Crippen molar-refractivity contribution in [2.45, 2.75) is 27.2 Å². The molecule has 5 nitrogen and oxygen atoms in total. The zero-order valence-corrected chi connectivity index (χ0v) is 10.7. The Kier molecular flexibility index (Phi) is 5.58. The Morgan fingerprint density at radius 2 is 1.65 bits per heavy atom. The zero-order valence-electron chi connectivity index (χ0n) is 10.7. The average Bonchev–Trinajstić information content (AvgIpc) is 2.25. The second-order valence-electron chi connectivity index (χ2n) is 4.11. The zero-order chi connectivity index (χ0) is 13.6. The van der Waals surface area contributed by atoms with Gasteiger partial charge in [0.25, 0.3) is 0 Å². The summed E-state index contributed by atoms with van der Waals surface area (Å²) in [7, 11) is 1.19. The summed E-state index contributed by atoms with van der Waals surface area (Å²) in [6, 6.07) is 0. The van der Waals surface area contributed by atoms with Crippen molar-refractivity contribution < 1.29 is 23.9 Å². The van der Waals surface area contributed by atoms with E-state index in [1.807, 2.05) is 0 Å². The maximum absolute atomic E-state index is 11.4. The Hall–Kier alpha value is -1.65. The van der Waals surface area contributed by atoms with Gasteiger partial charge >= 0.3 is 6.16 Å². The minimum absolute atomic E-state index is 0.0666. The number of hydrogen-bond acceptors (Lipinski definition) is 5. The molecule has 0 unspecified atom stereocenters. The molecule has 5 heteroatoms. The van der Waals surface area contributed by atoms with Crippen molar-refractivity contribution in [3.63, 3.8) is 0 Å². The number of ether oxygens (including phenoxy) is 2. The van der Waals surface area contributed by atoms with Crippen LogP contribution in [-0.4, -0.2) is 31.4 Å². The molecule has 0 heterocycles. The van der Waals surface area contributed by atoms with E-state index < -0.39 is 11.6 Å². The summed E-state index contributed by atoms with van der Waals surface area (Å²) in [6.45, 7) is 7.88. The maximum Gasteiger partial charge on any atom is 0.508 e. The van der Waals surface area contributed by atoms with Crippen molar-refractivity contribution in [1.82, 2.24) is 0 Å². The molecule has 0 bridgehead atoms. The van der Waals surface area contributed by atoms with Gasteiger partial charge in [-0.3, -0.25) is 9.59 Å². The van der Waals surface area contributed by atoms with Gasteiger partial charge in [-0.15, -0.1) is 0 Å². The lowest BCUT2D eigenvalue weighted by molar-refractivity contribution is -0.137. The van der Waals surface area contributed by atoms with Crippen molar-refractivity contribution in [2.75, 3.05) is 13.7 Å². The molecule has 0 saturated heterocycles. The first kappa shape index (κ1) is 15.3. The molecule has 0 aliphatic rings. The van der Waals surface area contributed by atoms with Crippen molar-refractivity contribution in [2.24, 2.45) is 5.41 Å². The number of carbonyl (C=O) groups excluding carboxylic acids is 3. The summed E-state index contributed by atoms with van der Waals surface area (Å²) in [6.07, 6.45) is -0.659. The normalized spacial score (nSPS) is 10.6. The second kappa shape index (κ2) is 6.18. The molecule has 0 aromatic heterocycles. The van der Waals surface area contributed by atoms with Gasteiger partial charge in [-0.1, -0.05) is 6.58 Å². The highest BCUT2D eigenvalue weighted by Crippen LogP contribution is 2.27. The fourth-order valence-electron chi connectivity index (χ4n) is 1.27. The average molecular weight is 242 g/mol. The van der Waals surface area contributed by atoms with E-state index in [0.717, 1.165) is 0 Å². The number of rotatable bonds is 6. The number of ketones is 2. The number of hydrogen-bond donors (Lipinski definition) is 0. The number of methoxy groups -OCH3 is 1. The van der Waals surface area contributed by atoms with Gasteiger partial charge in [0.2, 0.25) is 0 Å².